The molecular weight excluding hydrogens is 448 g/mol. The summed E-state index contributed by atoms with van der Waals surface area (Å²) in [5, 5.41) is 9.94. The number of benzene rings is 3. The normalized spacial score (nSPS) is 13.4. The molecule has 0 N–H and O–H groups in total. The Morgan fingerprint density at radius 2 is 1.28 bits per heavy atom. The molecule has 0 spiro atoms. The number of ether oxygens (including phenoxy) is 1. The summed E-state index contributed by atoms with van der Waals surface area (Å²) in [6.45, 7) is -1.23. The molecule has 0 aliphatic carbocycles. The van der Waals surface area contributed by atoms with Gasteiger partial charge in [0, 0.05) is 0 Å². The van der Waals surface area contributed by atoms with Crippen molar-refractivity contribution in [2.45, 2.75) is 31.0 Å². The van der Waals surface area contributed by atoms with Crippen molar-refractivity contribution in [3.05, 3.63) is 72.3 Å². The minimum Gasteiger partial charge on any atom is -0.311 e. The molecule has 3 nitrogen and oxygen atoms in total. The minimum absolute atomic E-state index is 0.106. The fourth-order valence-corrected chi connectivity index (χ4v) is 2.61. The molecule has 0 saturated heterocycles. The molecule has 32 heavy (non-hydrogen) atoms. The summed E-state index contributed by atoms with van der Waals surface area (Å²) in [7, 11) is 0. The molecule has 11 heteroatoms. The molecule has 3 rings (SSSR count). The summed E-state index contributed by atoms with van der Waals surface area (Å²) in [5.74, 6) is -12.7. The molecule has 0 bridgehead atoms. The summed E-state index contributed by atoms with van der Waals surface area (Å²) in [5.41, 5.74) is 0.715. The highest BCUT2D eigenvalue weighted by molar-refractivity contribution is 5.85. The predicted molar refractivity (Wildman–Crippen MR) is 100 cm³/mol. The minimum atomic E-state index is -6.41. The van der Waals surface area contributed by atoms with Crippen LogP contribution in [0.4, 0.5) is 46.5 Å². The van der Waals surface area contributed by atoms with Crippen molar-refractivity contribution < 1.29 is 39.9 Å². The van der Waals surface area contributed by atoms with Crippen molar-refractivity contribution in [3.8, 4) is 0 Å². The summed E-state index contributed by atoms with van der Waals surface area (Å²) in [6.07, 6.45) is -10.8. The second-order valence-electron chi connectivity index (χ2n) is 6.70. The molecule has 0 aliphatic rings. The van der Waals surface area contributed by atoms with Gasteiger partial charge < -0.3 is 4.74 Å². The van der Waals surface area contributed by atoms with E-state index in [2.05, 4.69) is 15.0 Å². The van der Waals surface area contributed by atoms with Crippen LogP contribution in [0.25, 0.3) is 10.8 Å². The Morgan fingerprint density at radius 1 is 0.719 bits per heavy atom. The summed E-state index contributed by atoms with van der Waals surface area (Å²) in [4.78, 5) is 0. The van der Waals surface area contributed by atoms with Crippen molar-refractivity contribution in [3.63, 3.8) is 0 Å². The molecule has 0 fully saturated rings. The van der Waals surface area contributed by atoms with E-state index < -0.39 is 31.0 Å². The Bertz CT molecular complexity index is 1100. The Hall–Kier alpha value is -3.08. The number of alkyl halides is 8. The topological polar surface area (TPSA) is 34.0 Å². The SMILES string of the molecule is FC(F)C(F)(F)C(F)(F)C(F)(F)OCc1ccc(/N=N/c2ccc3ccccc3c2)cc1. The van der Waals surface area contributed by atoms with E-state index in [4.69, 9.17) is 0 Å². The van der Waals surface area contributed by atoms with Crippen LogP contribution >= 0.6 is 0 Å². The zero-order chi connectivity index (χ0) is 23.6. The number of hydrogen-bond acceptors (Lipinski definition) is 3. The first-order valence-electron chi connectivity index (χ1n) is 8.99. The van der Waals surface area contributed by atoms with E-state index in [1.807, 2.05) is 30.3 Å². The molecule has 0 radical (unpaired) electrons. The summed E-state index contributed by atoms with van der Waals surface area (Å²) in [6, 6.07) is 17.8. The standard InChI is InChI=1S/C21H14F8N2O/c22-18(23)19(24,25)20(26,27)21(28,29)32-12-13-5-8-16(9-6-13)30-31-17-10-7-14-3-1-2-4-15(14)11-17/h1-11,18H,12H2/b31-30+. The average Bonchev–Trinajstić information content (AvgIpc) is 2.76. The maximum atomic E-state index is 13.4. The first-order chi connectivity index (χ1) is 14.9. The molecule has 0 saturated carbocycles. The lowest BCUT2D eigenvalue weighted by Gasteiger charge is -2.31. The summed E-state index contributed by atoms with van der Waals surface area (Å²) >= 11 is 0. The third-order valence-corrected chi connectivity index (χ3v) is 4.43. The van der Waals surface area contributed by atoms with Gasteiger partial charge in [-0.05, 0) is 40.6 Å². The number of hydrogen-bond donors (Lipinski definition) is 0. The van der Waals surface area contributed by atoms with Crippen LogP contribution in [0.15, 0.2) is 77.0 Å². The van der Waals surface area contributed by atoms with Crippen LogP contribution in [0.5, 0.6) is 0 Å². The van der Waals surface area contributed by atoms with E-state index in [0.29, 0.717) is 5.69 Å². The van der Waals surface area contributed by atoms with Crippen LogP contribution in [-0.4, -0.2) is 24.4 Å². The molecule has 0 unspecified atom stereocenters. The van der Waals surface area contributed by atoms with Crippen molar-refractivity contribution in [1.29, 1.82) is 0 Å². The van der Waals surface area contributed by atoms with Gasteiger partial charge in [0.05, 0.1) is 18.0 Å². The van der Waals surface area contributed by atoms with E-state index >= 15 is 0 Å². The molecule has 0 amide bonds. The fourth-order valence-electron chi connectivity index (χ4n) is 2.61. The summed E-state index contributed by atoms with van der Waals surface area (Å²) < 4.78 is 107. The van der Waals surface area contributed by atoms with Crippen LogP contribution < -0.4 is 0 Å². The number of nitrogens with zero attached hydrogens (tertiary/aromatic N) is 2. The average molecular weight is 462 g/mol. The van der Waals surface area contributed by atoms with Crippen LogP contribution in [0, 0.1) is 0 Å². The third-order valence-electron chi connectivity index (χ3n) is 4.43. The monoisotopic (exact) mass is 462 g/mol. The fraction of sp³-hybridized carbons (Fsp3) is 0.238. The van der Waals surface area contributed by atoms with Crippen LogP contribution in [-0.2, 0) is 11.3 Å². The van der Waals surface area contributed by atoms with E-state index in [1.54, 1.807) is 12.1 Å². The molecule has 3 aromatic rings. The first kappa shape index (κ1) is 23.6. The Kier molecular flexibility index (Phi) is 6.49. The zero-order valence-corrected chi connectivity index (χ0v) is 16.0. The number of rotatable bonds is 8. The van der Waals surface area contributed by atoms with Gasteiger partial charge in [-0.1, -0.05) is 42.5 Å². The first-order valence-corrected chi connectivity index (χ1v) is 8.99. The van der Waals surface area contributed by atoms with Gasteiger partial charge in [-0.3, -0.25) is 0 Å². The van der Waals surface area contributed by atoms with Crippen molar-refractivity contribution in [1.82, 2.24) is 0 Å². The van der Waals surface area contributed by atoms with E-state index in [0.717, 1.165) is 22.9 Å². The molecule has 0 aliphatic heterocycles. The van der Waals surface area contributed by atoms with Crippen LogP contribution in [0.3, 0.4) is 0 Å². The van der Waals surface area contributed by atoms with E-state index in [9.17, 15) is 35.1 Å². The zero-order valence-electron chi connectivity index (χ0n) is 16.0. The maximum absolute atomic E-state index is 13.4. The highest BCUT2D eigenvalue weighted by Gasteiger charge is 2.76. The molecule has 0 aromatic heterocycles. The van der Waals surface area contributed by atoms with E-state index in [1.165, 1.54) is 12.1 Å². The van der Waals surface area contributed by atoms with Gasteiger partial charge in [0.15, 0.2) is 0 Å². The van der Waals surface area contributed by atoms with Gasteiger partial charge in [-0.15, -0.1) is 0 Å². The lowest BCUT2D eigenvalue weighted by molar-refractivity contribution is -0.415. The molecule has 170 valence electrons. The molecule has 3 aromatic carbocycles. The lowest BCUT2D eigenvalue weighted by atomic mass is 10.1. The molecule has 0 atom stereocenters. The number of halogens is 8. The van der Waals surface area contributed by atoms with Crippen molar-refractivity contribution in [2.24, 2.45) is 10.2 Å². The number of fused-ring (bicyclic) bond motifs is 1. The molecular formula is C21H14F8N2O. The van der Waals surface area contributed by atoms with Gasteiger partial charge in [-0.25, -0.2) is 8.78 Å². The second kappa shape index (κ2) is 8.81. The Balaban J connectivity index is 1.65. The number of azo groups is 1. The highest BCUT2D eigenvalue weighted by atomic mass is 19.4. The quantitative estimate of drug-likeness (QED) is 0.248. The van der Waals surface area contributed by atoms with Crippen molar-refractivity contribution in [2.75, 3.05) is 0 Å². The molecule has 0 heterocycles. The van der Waals surface area contributed by atoms with Crippen LogP contribution in [0.1, 0.15) is 5.56 Å². The Morgan fingerprint density at radius 3 is 1.91 bits per heavy atom. The predicted octanol–water partition coefficient (Wildman–Crippen LogP) is 7.90. The Labute approximate surface area is 176 Å². The largest absolute Gasteiger partial charge is 0.426 e. The van der Waals surface area contributed by atoms with Gasteiger partial charge in [0.1, 0.15) is 0 Å². The van der Waals surface area contributed by atoms with Gasteiger partial charge in [0.2, 0.25) is 0 Å². The maximum Gasteiger partial charge on any atom is 0.426 e. The second-order valence-corrected chi connectivity index (χ2v) is 6.70. The highest BCUT2D eigenvalue weighted by Crippen LogP contribution is 2.49. The lowest BCUT2D eigenvalue weighted by Crippen LogP contribution is -2.58. The van der Waals surface area contributed by atoms with Gasteiger partial charge in [0.25, 0.3) is 0 Å². The van der Waals surface area contributed by atoms with Gasteiger partial charge >= 0.3 is 24.4 Å². The van der Waals surface area contributed by atoms with Crippen molar-refractivity contribution >= 4 is 22.1 Å². The third kappa shape index (κ3) is 4.72. The van der Waals surface area contributed by atoms with Gasteiger partial charge in [-0.2, -0.15) is 36.6 Å². The van der Waals surface area contributed by atoms with E-state index in [-0.39, 0.29) is 11.3 Å². The smallest absolute Gasteiger partial charge is 0.311 e. The van der Waals surface area contributed by atoms with Crippen LogP contribution in [0.2, 0.25) is 0 Å².